The van der Waals surface area contributed by atoms with Crippen LogP contribution in [0.1, 0.15) is 12.8 Å². The van der Waals surface area contributed by atoms with Crippen LogP contribution in [0.3, 0.4) is 0 Å². The van der Waals surface area contributed by atoms with Crippen molar-refractivity contribution in [1.29, 1.82) is 0 Å². The Morgan fingerprint density at radius 1 is 1.63 bits per heavy atom. The molecule has 0 radical (unpaired) electrons. The lowest BCUT2D eigenvalue weighted by Crippen LogP contribution is -2.62. The Kier molecular flexibility index (Phi) is 5.27. The van der Waals surface area contributed by atoms with Crippen LogP contribution in [0.25, 0.3) is 0 Å². The summed E-state index contributed by atoms with van der Waals surface area (Å²) < 4.78 is 23.8. The second-order valence-electron chi connectivity index (χ2n) is 4.38. The van der Waals surface area contributed by atoms with Crippen molar-refractivity contribution in [3.8, 4) is 0 Å². The Morgan fingerprint density at radius 3 is 3.21 bits per heavy atom. The summed E-state index contributed by atoms with van der Waals surface area (Å²) in [7, 11) is -1.50. The zero-order chi connectivity index (χ0) is 13.7. The number of nitrogens with one attached hydrogen (secondary N) is 1. The van der Waals surface area contributed by atoms with Crippen molar-refractivity contribution in [2.75, 3.05) is 40.3 Å². The Bertz CT molecular complexity index is 322. The molecule has 0 amide bonds. The minimum absolute atomic E-state index is 0.122. The first-order chi connectivity index (χ1) is 9.23. The van der Waals surface area contributed by atoms with Crippen LogP contribution >= 0.6 is 0 Å². The third kappa shape index (κ3) is 3.13. The second kappa shape index (κ2) is 6.75. The molecule has 9 heteroatoms. The van der Waals surface area contributed by atoms with Gasteiger partial charge in [0.15, 0.2) is 6.79 Å². The quantitative estimate of drug-likeness (QED) is 0.267. The molecule has 0 spiro atoms. The van der Waals surface area contributed by atoms with E-state index in [2.05, 4.69) is 5.32 Å². The molecule has 2 aliphatic rings. The number of cyclic esters (lactones) is 1. The van der Waals surface area contributed by atoms with Gasteiger partial charge in [-0.2, -0.15) is 0 Å². The van der Waals surface area contributed by atoms with Gasteiger partial charge in [-0.1, -0.05) is 0 Å². The minimum Gasteiger partial charge on any atom is -0.438 e. The van der Waals surface area contributed by atoms with Gasteiger partial charge in [0.2, 0.25) is 0 Å². The number of esters is 1. The van der Waals surface area contributed by atoms with Crippen LogP contribution in [0.15, 0.2) is 0 Å². The van der Waals surface area contributed by atoms with E-state index in [9.17, 15) is 4.79 Å². The van der Waals surface area contributed by atoms with Gasteiger partial charge in [0.1, 0.15) is 6.04 Å². The number of hydrogen-bond donors (Lipinski definition) is 2. The van der Waals surface area contributed by atoms with E-state index in [1.54, 1.807) is 7.11 Å². The third-order valence-electron chi connectivity index (χ3n) is 3.25. The topological polar surface area (TPSA) is 95.3 Å². The summed E-state index contributed by atoms with van der Waals surface area (Å²) >= 11 is 0. The normalized spacial score (nSPS) is 31.9. The number of nitrogens with zero attached hydrogens (tertiary/aromatic N) is 1. The molecule has 3 N–H and O–H groups in total. The standard InChI is InChI=1S/C10H21N3O5Si/c1-15-19(17-7-12-5-4-11)13-6-2-3-9(13)10(14)16-8-18-19/h9,12H,2-8,11H2,1H3. The molecule has 0 saturated carbocycles. The van der Waals surface area contributed by atoms with Gasteiger partial charge >= 0.3 is 14.9 Å². The van der Waals surface area contributed by atoms with Crippen LogP contribution in [0.4, 0.5) is 0 Å². The third-order valence-corrected chi connectivity index (χ3v) is 6.00. The van der Waals surface area contributed by atoms with Gasteiger partial charge in [0, 0.05) is 20.2 Å². The van der Waals surface area contributed by atoms with E-state index in [1.165, 1.54) is 0 Å². The van der Waals surface area contributed by atoms with Crippen molar-refractivity contribution in [3.63, 3.8) is 0 Å². The molecule has 0 aromatic rings. The molecule has 2 unspecified atom stereocenters. The van der Waals surface area contributed by atoms with Gasteiger partial charge in [-0.05, 0) is 19.4 Å². The Labute approximate surface area is 113 Å². The van der Waals surface area contributed by atoms with Crippen molar-refractivity contribution in [1.82, 2.24) is 9.88 Å². The van der Waals surface area contributed by atoms with E-state index in [1.807, 2.05) is 4.57 Å². The zero-order valence-electron chi connectivity index (χ0n) is 11.1. The molecule has 2 aliphatic heterocycles. The molecule has 0 bridgehead atoms. The van der Waals surface area contributed by atoms with E-state index in [0.717, 1.165) is 19.4 Å². The fraction of sp³-hybridized carbons (Fsp3) is 0.900. The number of hydrogen-bond acceptors (Lipinski definition) is 8. The number of rotatable bonds is 6. The maximum atomic E-state index is 11.8. The highest BCUT2D eigenvalue weighted by molar-refractivity contribution is 6.58. The highest BCUT2D eigenvalue weighted by atomic mass is 28.4. The first-order valence-electron chi connectivity index (χ1n) is 6.41. The molecule has 0 aliphatic carbocycles. The fourth-order valence-electron chi connectivity index (χ4n) is 2.36. The average Bonchev–Trinajstić information content (AvgIpc) is 2.87. The summed E-state index contributed by atoms with van der Waals surface area (Å²) in [6.07, 6.45) is 1.65. The summed E-state index contributed by atoms with van der Waals surface area (Å²) in [5, 5.41) is 3.03. The summed E-state index contributed by atoms with van der Waals surface area (Å²) in [6, 6.07) is -0.316. The number of fused-ring (bicyclic) bond motifs is 1. The van der Waals surface area contributed by atoms with Gasteiger partial charge in [-0.3, -0.25) is 10.1 Å². The molecule has 0 aromatic carbocycles. The van der Waals surface area contributed by atoms with Crippen LogP contribution in [-0.2, 0) is 22.8 Å². The maximum Gasteiger partial charge on any atom is 0.603 e. The van der Waals surface area contributed by atoms with Crippen LogP contribution in [0, 0.1) is 0 Å². The van der Waals surface area contributed by atoms with Crippen molar-refractivity contribution in [2.24, 2.45) is 5.73 Å². The van der Waals surface area contributed by atoms with Gasteiger partial charge in [-0.25, -0.2) is 4.57 Å². The summed E-state index contributed by atoms with van der Waals surface area (Å²) in [4.78, 5) is 11.8. The second-order valence-corrected chi connectivity index (χ2v) is 6.99. The van der Waals surface area contributed by atoms with Gasteiger partial charge in [-0.15, -0.1) is 0 Å². The van der Waals surface area contributed by atoms with Gasteiger partial charge in [0.25, 0.3) is 0 Å². The Morgan fingerprint density at radius 2 is 2.47 bits per heavy atom. The average molecular weight is 291 g/mol. The van der Waals surface area contributed by atoms with Crippen molar-refractivity contribution in [2.45, 2.75) is 18.9 Å². The first-order valence-corrected chi connectivity index (χ1v) is 8.08. The van der Waals surface area contributed by atoms with Crippen molar-refractivity contribution in [3.05, 3.63) is 0 Å². The van der Waals surface area contributed by atoms with Gasteiger partial charge in [0.05, 0.1) is 6.73 Å². The summed E-state index contributed by atoms with van der Waals surface area (Å²) in [5.74, 6) is -0.262. The lowest BCUT2D eigenvalue weighted by atomic mass is 10.2. The molecule has 2 rings (SSSR count). The molecule has 2 fully saturated rings. The van der Waals surface area contributed by atoms with E-state index >= 15 is 0 Å². The zero-order valence-corrected chi connectivity index (χ0v) is 12.1. The monoisotopic (exact) mass is 291 g/mol. The highest BCUT2D eigenvalue weighted by Gasteiger charge is 2.57. The molecule has 19 heavy (non-hydrogen) atoms. The maximum absolute atomic E-state index is 11.8. The molecule has 0 aromatic heterocycles. The number of nitrogens with two attached hydrogens (primary N) is 1. The predicted octanol–water partition coefficient (Wildman–Crippen LogP) is -1.41. The number of ether oxygens (including phenoxy) is 1. The van der Waals surface area contributed by atoms with E-state index in [0.29, 0.717) is 13.1 Å². The number of carbonyl (C=O) groups excluding carboxylic acids is 1. The van der Waals surface area contributed by atoms with Crippen LogP contribution in [-0.4, -0.2) is 65.8 Å². The summed E-state index contributed by atoms with van der Waals surface area (Å²) in [6.45, 7) is 2.04. The molecule has 2 heterocycles. The predicted molar refractivity (Wildman–Crippen MR) is 67.5 cm³/mol. The molecule has 2 atom stereocenters. The largest absolute Gasteiger partial charge is 0.603 e. The Hall–Kier alpha value is -0.553. The molecular formula is C10H21N3O5Si. The van der Waals surface area contributed by atoms with Crippen LogP contribution in [0.5, 0.6) is 0 Å². The van der Waals surface area contributed by atoms with Gasteiger partial charge < -0.3 is 23.7 Å². The van der Waals surface area contributed by atoms with E-state index in [-0.39, 0.29) is 25.5 Å². The molecule has 110 valence electrons. The van der Waals surface area contributed by atoms with E-state index < -0.39 is 8.97 Å². The van der Waals surface area contributed by atoms with Crippen LogP contribution < -0.4 is 11.1 Å². The lowest BCUT2D eigenvalue weighted by molar-refractivity contribution is -0.151. The lowest BCUT2D eigenvalue weighted by Gasteiger charge is -2.34. The molecule has 8 nitrogen and oxygen atoms in total. The smallest absolute Gasteiger partial charge is 0.438 e. The SMILES string of the molecule is CO[Si]1(OCNCCN)OCOC(=O)C2CCCN21. The first kappa shape index (κ1) is 14.8. The molecular weight excluding hydrogens is 270 g/mol. The number of carbonyl (C=O) groups is 1. The Balaban J connectivity index is 2.05. The summed E-state index contributed by atoms with van der Waals surface area (Å²) in [5.41, 5.74) is 5.40. The fourth-order valence-corrected chi connectivity index (χ4v) is 4.78. The highest BCUT2D eigenvalue weighted by Crippen LogP contribution is 2.29. The molecule has 2 saturated heterocycles. The van der Waals surface area contributed by atoms with Crippen molar-refractivity contribution >= 4 is 14.9 Å². The van der Waals surface area contributed by atoms with Crippen LogP contribution in [0.2, 0.25) is 0 Å². The minimum atomic E-state index is -3.04. The van der Waals surface area contributed by atoms with E-state index in [4.69, 9.17) is 23.7 Å². The van der Waals surface area contributed by atoms with Crippen molar-refractivity contribution < 1.29 is 22.8 Å².